The number of hydrogen-bond acceptors (Lipinski definition) is 7. The molecule has 10 nitrogen and oxygen atoms in total. The summed E-state index contributed by atoms with van der Waals surface area (Å²) in [6.07, 6.45) is 1.21. The molecule has 148 valence electrons. The third-order valence-electron chi connectivity index (χ3n) is 3.58. The van der Waals surface area contributed by atoms with E-state index in [1.54, 1.807) is 30.3 Å². The van der Waals surface area contributed by atoms with E-state index in [-0.39, 0.29) is 28.6 Å². The van der Waals surface area contributed by atoms with E-state index < -0.39 is 10.8 Å². The van der Waals surface area contributed by atoms with E-state index >= 15 is 0 Å². The topological polar surface area (TPSA) is 146 Å². The number of nitro groups is 1. The molecule has 0 aliphatic carbocycles. The monoisotopic (exact) mass is 395 g/mol. The van der Waals surface area contributed by atoms with Crippen LogP contribution in [0.15, 0.2) is 54.2 Å². The van der Waals surface area contributed by atoms with E-state index in [0.717, 1.165) is 6.07 Å². The third kappa shape index (κ3) is 5.80. The Hall–Kier alpha value is -4.39. The fraction of sp³-hybridized carbons (Fsp3) is 0.105. The summed E-state index contributed by atoms with van der Waals surface area (Å²) in [5, 5.41) is 28.0. The van der Waals surface area contributed by atoms with Gasteiger partial charge < -0.3 is 20.7 Å². The highest BCUT2D eigenvalue weighted by atomic mass is 16.6. The summed E-state index contributed by atoms with van der Waals surface area (Å²) in [6, 6.07) is 12.2. The molecule has 0 spiro atoms. The van der Waals surface area contributed by atoms with Gasteiger partial charge in [-0.1, -0.05) is 6.07 Å². The number of amides is 2. The van der Waals surface area contributed by atoms with E-state index in [0.29, 0.717) is 11.4 Å². The minimum absolute atomic E-state index is 0.0841. The van der Waals surface area contributed by atoms with Gasteiger partial charge in [-0.25, -0.2) is 0 Å². The van der Waals surface area contributed by atoms with Crippen molar-refractivity contribution in [3.8, 4) is 11.8 Å². The average Bonchev–Trinajstić information content (AvgIpc) is 2.68. The Kier molecular flexibility index (Phi) is 6.86. The Morgan fingerprint density at radius 3 is 2.52 bits per heavy atom. The van der Waals surface area contributed by atoms with Crippen LogP contribution in [0.4, 0.5) is 22.7 Å². The van der Waals surface area contributed by atoms with Crippen LogP contribution >= 0.6 is 0 Å². The first-order valence-electron chi connectivity index (χ1n) is 8.22. The highest BCUT2D eigenvalue weighted by Crippen LogP contribution is 2.29. The molecule has 0 fully saturated rings. The van der Waals surface area contributed by atoms with Crippen molar-refractivity contribution in [2.45, 2.75) is 6.92 Å². The van der Waals surface area contributed by atoms with Crippen molar-refractivity contribution in [2.24, 2.45) is 0 Å². The van der Waals surface area contributed by atoms with Crippen molar-refractivity contribution in [1.82, 2.24) is 0 Å². The fourth-order valence-corrected chi connectivity index (χ4v) is 2.28. The highest BCUT2D eigenvalue weighted by Gasteiger charge is 2.15. The summed E-state index contributed by atoms with van der Waals surface area (Å²) in [5.41, 5.74) is 0.836. The maximum absolute atomic E-state index is 12.4. The molecule has 0 saturated heterocycles. The number of ether oxygens (including phenoxy) is 1. The molecule has 0 aliphatic rings. The van der Waals surface area contributed by atoms with Crippen LogP contribution in [0.2, 0.25) is 0 Å². The van der Waals surface area contributed by atoms with Crippen LogP contribution < -0.4 is 20.7 Å². The Balaban J connectivity index is 2.16. The van der Waals surface area contributed by atoms with E-state index in [1.807, 2.05) is 0 Å². The number of hydrogen-bond donors (Lipinski definition) is 3. The first-order chi connectivity index (χ1) is 13.8. The van der Waals surface area contributed by atoms with Crippen molar-refractivity contribution in [3.05, 3.63) is 64.4 Å². The van der Waals surface area contributed by atoms with Crippen molar-refractivity contribution < 1.29 is 19.2 Å². The number of nitriles is 1. The van der Waals surface area contributed by atoms with Crippen LogP contribution in [-0.2, 0) is 9.59 Å². The summed E-state index contributed by atoms with van der Waals surface area (Å²) in [5.74, 6) is -0.877. The van der Waals surface area contributed by atoms with Crippen molar-refractivity contribution in [3.63, 3.8) is 0 Å². The van der Waals surface area contributed by atoms with Gasteiger partial charge in [0, 0.05) is 30.6 Å². The summed E-state index contributed by atoms with van der Waals surface area (Å²) >= 11 is 0. The van der Waals surface area contributed by atoms with Crippen LogP contribution in [-0.4, -0.2) is 23.8 Å². The number of carbonyl (C=O) groups is 2. The van der Waals surface area contributed by atoms with Gasteiger partial charge in [0.05, 0.1) is 23.8 Å². The first-order valence-corrected chi connectivity index (χ1v) is 8.22. The maximum atomic E-state index is 12.4. The molecule has 0 atom stereocenters. The minimum atomic E-state index is -0.731. The molecular weight excluding hydrogens is 378 g/mol. The molecule has 10 heteroatoms. The fourth-order valence-electron chi connectivity index (χ4n) is 2.28. The van der Waals surface area contributed by atoms with Crippen LogP contribution in [0, 0.1) is 21.4 Å². The van der Waals surface area contributed by atoms with E-state index in [9.17, 15) is 25.0 Å². The molecule has 0 aliphatic heterocycles. The zero-order valence-electron chi connectivity index (χ0n) is 15.6. The lowest BCUT2D eigenvalue weighted by Crippen LogP contribution is -2.15. The van der Waals surface area contributed by atoms with Gasteiger partial charge in [0.2, 0.25) is 5.91 Å². The van der Waals surface area contributed by atoms with Gasteiger partial charge in [-0.3, -0.25) is 19.7 Å². The molecule has 0 unspecified atom stereocenters. The number of methoxy groups -OCH3 is 1. The predicted octanol–water partition coefficient (Wildman–Crippen LogP) is 3.02. The first kappa shape index (κ1) is 20.9. The number of non-ortho nitro benzene ring substituents is 1. The van der Waals surface area contributed by atoms with Crippen LogP contribution in [0.1, 0.15) is 6.92 Å². The van der Waals surface area contributed by atoms with Gasteiger partial charge in [0.25, 0.3) is 11.6 Å². The predicted molar refractivity (Wildman–Crippen MR) is 106 cm³/mol. The lowest BCUT2D eigenvalue weighted by Gasteiger charge is -2.10. The molecular formula is C19H17N5O5. The smallest absolute Gasteiger partial charge is 0.273 e. The second-order valence-electron chi connectivity index (χ2n) is 5.67. The van der Waals surface area contributed by atoms with Gasteiger partial charge in [-0.05, 0) is 24.3 Å². The number of anilines is 3. The lowest BCUT2D eigenvalue weighted by molar-refractivity contribution is -0.384. The Morgan fingerprint density at radius 2 is 1.90 bits per heavy atom. The standard InChI is InChI=1S/C19H17N5O5/c1-12(25)22-15-5-3-4-14(8-15)21-11-13(10-20)19(26)23-17-7-6-16(24(27)28)9-18(17)29-2/h3-9,11,21H,1-2H3,(H,22,25)(H,23,26)/b13-11-. The number of nitrogens with zero attached hydrogens (tertiary/aromatic N) is 2. The highest BCUT2D eigenvalue weighted by molar-refractivity contribution is 6.07. The minimum Gasteiger partial charge on any atom is -0.494 e. The number of carbonyl (C=O) groups excluding carboxylic acids is 2. The molecule has 2 aromatic rings. The molecule has 2 amide bonds. The van der Waals surface area contributed by atoms with Crippen LogP contribution in [0.3, 0.4) is 0 Å². The van der Waals surface area contributed by atoms with E-state index in [2.05, 4.69) is 16.0 Å². The quantitative estimate of drug-likeness (QED) is 0.282. The summed E-state index contributed by atoms with van der Waals surface area (Å²) < 4.78 is 5.05. The lowest BCUT2D eigenvalue weighted by atomic mass is 10.2. The van der Waals surface area contributed by atoms with Crippen LogP contribution in [0.5, 0.6) is 5.75 Å². The van der Waals surface area contributed by atoms with Crippen LogP contribution in [0.25, 0.3) is 0 Å². The molecule has 0 heterocycles. The van der Waals surface area contributed by atoms with E-state index in [4.69, 9.17) is 4.74 Å². The zero-order chi connectivity index (χ0) is 21.4. The summed E-state index contributed by atoms with van der Waals surface area (Å²) in [6.45, 7) is 1.38. The molecule has 2 rings (SSSR count). The largest absolute Gasteiger partial charge is 0.494 e. The number of nitro benzene ring substituents is 1. The molecule has 0 bridgehead atoms. The summed E-state index contributed by atoms with van der Waals surface area (Å²) in [7, 11) is 1.30. The molecule has 0 radical (unpaired) electrons. The van der Waals surface area contributed by atoms with Gasteiger partial charge in [0.1, 0.15) is 17.4 Å². The normalized spacial score (nSPS) is 10.4. The van der Waals surface area contributed by atoms with Crippen molar-refractivity contribution >= 4 is 34.6 Å². The van der Waals surface area contributed by atoms with Crippen molar-refractivity contribution in [1.29, 1.82) is 5.26 Å². The van der Waals surface area contributed by atoms with Gasteiger partial charge in [-0.2, -0.15) is 5.26 Å². The average molecular weight is 395 g/mol. The maximum Gasteiger partial charge on any atom is 0.273 e. The summed E-state index contributed by atoms with van der Waals surface area (Å²) in [4.78, 5) is 33.7. The molecule has 3 N–H and O–H groups in total. The number of benzene rings is 2. The molecule has 2 aromatic carbocycles. The Bertz CT molecular complexity index is 1030. The Labute approximate surface area is 165 Å². The van der Waals surface area contributed by atoms with Crippen molar-refractivity contribution in [2.75, 3.05) is 23.1 Å². The SMILES string of the molecule is COc1cc([N+](=O)[O-])ccc1NC(=O)/C(C#N)=C\Nc1cccc(NC(C)=O)c1. The van der Waals surface area contributed by atoms with Gasteiger partial charge in [0.15, 0.2) is 0 Å². The van der Waals surface area contributed by atoms with E-state index in [1.165, 1.54) is 32.4 Å². The number of rotatable bonds is 7. The van der Waals surface area contributed by atoms with Gasteiger partial charge in [-0.15, -0.1) is 0 Å². The molecule has 29 heavy (non-hydrogen) atoms. The number of nitrogens with one attached hydrogen (secondary N) is 3. The molecule has 0 saturated carbocycles. The second-order valence-corrected chi connectivity index (χ2v) is 5.67. The second kappa shape index (κ2) is 9.52. The third-order valence-corrected chi connectivity index (χ3v) is 3.58. The molecule has 0 aromatic heterocycles. The zero-order valence-corrected chi connectivity index (χ0v) is 15.6. The Morgan fingerprint density at radius 1 is 1.17 bits per heavy atom. The van der Waals surface area contributed by atoms with Gasteiger partial charge >= 0.3 is 0 Å².